The number of hydrogen-bond acceptors (Lipinski definition) is 3. The van der Waals surface area contributed by atoms with Gasteiger partial charge in [-0.05, 0) is 67.8 Å². The zero-order valence-electron chi connectivity index (χ0n) is 15.8. The molecule has 0 saturated carbocycles. The second-order valence-electron chi connectivity index (χ2n) is 6.89. The molecule has 2 heterocycles. The average molecular weight is 396 g/mol. The number of hydrogen-bond donors (Lipinski definition) is 0. The van der Waals surface area contributed by atoms with E-state index < -0.39 is 0 Å². The maximum atomic E-state index is 13.2. The number of amides is 1. The Morgan fingerprint density at radius 3 is 2.46 bits per heavy atom. The first-order chi connectivity index (χ1) is 13.7. The fraction of sp³-hybridized carbons (Fsp3) is 0.273. The Kier molecular flexibility index (Phi) is 5.35. The van der Waals surface area contributed by atoms with E-state index in [-0.39, 0.29) is 5.91 Å². The molecule has 0 atom stereocenters. The highest BCUT2D eigenvalue weighted by Crippen LogP contribution is 2.26. The van der Waals surface area contributed by atoms with E-state index in [1.807, 2.05) is 59.5 Å². The molecule has 1 aromatic heterocycles. The first-order valence-electron chi connectivity index (χ1n) is 9.45. The summed E-state index contributed by atoms with van der Waals surface area (Å²) in [6, 6.07) is 16.9. The monoisotopic (exact) mass is 395 g/mol. The van der Waals surface area contributed by atoms with Crippen LogP contribution in [0.3, 0.4) is 0 Å². The van der Waals surface area contributed by atoms with E-state index in [0.717, 1.165) is 48.6 Å². The Morgan fingerprint density at radius 2 is 1.79 bits per heavy atom. The molecule has 4 rings (SSSR count). The van der Waals surface area contributed by atoms with Crippen LogP contribution in [0.1, 0.15) is 29.8 Å². The average Bonchev–Trinajstić information content (AvgIpc) is 3.19. The molecule has 0 N–H and O–H groups in total. The molecule has 0 radical (unpaired) electrons. The topological polar surface area (TPSA) is 47.4 Å². The highest BCUT2D eigenvalue weighted by atomic mass is 35.5. The molecule has 1 aliphatic rings. The molecule has 144 valence electrons. The van der Waals surface area contributed by atoms with Crippen LogP contribution in [0.4, 0.5) is 0 Å². The van der Waals surface area contributed by atoms with Gasteiger partial charge in [0.15, 0.2) is 0 Å². The summed E-state index contributed by atoms with van der Waals surface area (Å²) in [4.78, 5) is 15.2. The first kappa shape index (κ1) is 18.6. The lowest BCUT2D eigenvalue weighted by molar-refractivity contribution is 0.0715. The Hall–Kier alpha value is -2.79. The first-order valence-corrected chi connectivity index (χ1v) is 9.83. The van der Waals surface area contributed by atoms with E-state index in [4.69, 9.17) is 21.4 Å². The summed E-state index contributed by atoms with van der Waals surface area (Å²) in [6.07, 6.45) is 3.26. The van der Waals surface area contributed by atoms with Crippen molar-refractivity contribution in [3.8, 4) is 22.7 Å². The number of rotatable bonds is 4. The lowest BCUT2D eigenvalue weighted by atomic mass is 10.1. The molecule has 0 bridgehead atoms. The van der Waals surface area contributed by atoms with E-state index in [1.54, 1.807) is 11.8 Å². The van der Waals surface area contributed by atoms with E-state index >= 15 is 0 Å². The van der Waals surface area contributed by atoms with Crippen molar-refractivity contribution in [2.45, 2.75) is 19.3 Å². The second-order valence-corrected chi connectivity index (χ2v) is 7.32. The van der Waals surface area contributed by atoms with Gasteiger partial charge >= 0.3 is 0 Å². The van der Waals surface area contributed by atoms with Crippen LogP contribution >= 0.6 is 11.6 Å². The van der Waals surface area contributed by atoms with Gasteiger partial charge in [-0.2, -0.15) is 5.10 Å². The minimum atomic E-state index is 0.00642. The lowest BCUT2D eigenvalue weighted by Crippen LogP contribution is -2.36. The van der Waals surface area contributed by atoms with Gasteiger partial charge in [0.1, 0.15) is 11.4 Å². The standard InChI is InChI=1S/C22H22ClN3O2/c1-28-19-10-8-16(9-11-19)20-15-21(22(27)25-12-3-2-4-13-25)26(24-20)18-7-5-6-17(23)14-18/h5-11,14-15H,2-4,12-13H2,1H3. The molecule has 1 fully saturated rings. The summed E-state index contributed by atoms with van der Waals surface area (Å²) >= 11 is 6.18. The van der Waals surface area contributed by atoms with Crippen LogP contribution in [0, 0.1) is 0 Å². The minimum absolute atomic E-state index is 0.00642. The highest BCUT2D eigenvalue weighted by molar-refractivity contribution is 6.30. The maximum Gasteiger partial charge on any atom is 0.272 e. The highest BCUT2D eigenvalue weighted by Gasteiger charge is 2.24. The number of methoxy groups -OCH3 is 1. The third kappa shape index (κ3) is 3.76. The molecule has 6 heteroatoms. The van der Waals surface area contributed by atoms with Gasteiger partial charge in [0.25, 0.3) is 5.91 Å². The molecular weight excluding hydrogens is 374 g/mol. The van der Waals surface area contributed by atoms with E-state index in [2.05, 4.69) is 0 Å². The van der Waals surface area contributed by atoms with Gasteiger partial charge in [-0.1, -0.05) is 17.7 Å². The van der Waals surface area contributed by atoms with Crippen LogP contribution in [0.2, 0.25) is 5.02 Å². The number of carbonyl (C=O) groups is 1. The van der Waals surface area contributed by atoms with Gasteiger partial charge in [-0.15, -0.1) is 0 Å². The Morgan fingerprint density at radius 1 is 1.04 bits per heavy atom. The van der Waals surface area contributed by atoms with Crippen LogP contribution < -0.4 is 4.74 Å². The maximum absolute atomic E-state index is 13.2. The van der Waals surface area contributed by atoms with Crippen LogP contribution in [-0.2, 0) is 0 Å². The normalized spacial score (nSPS) is 14.1. The summed E-state index contributed by atoms with van der Waals surface area (Å²) < 4.78 is 6.93. The molecule has 1 aliphatic heterocycles. The van der Waals surface area contributed by atoms with Gasteiger partial charge in [-0.25, -0.2) is 4.68 Å². The van der Waals surface area contributed by atoms with Crippen LogP contribution in [0.5, 0.6) is 5.75 Å². The largest absolute Gasteiger partial charge is 0.497 e. The van der Waals surface area contributed by atoms with Crippen LogP contribution in [-0.4, -0.2) is 40.8 Å². The summed E-state index contributed by atoms with van der Waals surface area (Å²) in [7, 11) is 1.64. The number of halogens is 1. The van der Waals surface area contributed by atoms with Gasteiger partial charge in [0.05, 0.1) is 18.5 Å². The fourth-order valence-electron chi connectivity index (χ4n) is 3.50. The van der Waals surface area contributed by atoms with Crippen molar-refractivity contribution in [1.29, 1.82) is 0 Å². The predicted molar refractivity (Wildman–Crippen MR) is 110 cm³/mol. The van der Waals surface area contributed by atoms with Crippen molar-refractivity contribution in [2.24, 2.45) is 0 Å². The molecule has 1 amide bonds. The summed E-state index contributed by atoms with van der Waals surface area (Å²) in [5, 5.41) is 5.34. The molecule has 5 nitrogen and oxygen atoms in total. The molecule has 2 aromatic carbocycles. The van der Waals surface area contributed by atoms with Crippen molar-refractivity contribution in [3.05, 3.63) is 65.3 Å². The van der Waals surface area contributed by atoms with Crippen molar-refractivity contribution in [3.63, 3.8) is 0 Å². The number of benzene rings is 2. The van der Waals surface area contributed by atoms with Crippen LogP contribution in [0.25, 0.3) is 16.9 Å². The third-order valence-corrected chi connectivity index (χ3v) is 5.25. The summed E-state index contributed by atoms with van der Waals surface area (Å²) in [6.45, 7) is 1.58. The van der Waals surface area contributed by atoms with Crippen molar-refractivity contribution in [2.75, 3.05) is 20.2 Å². The number of carbonyl (C=O) groups excluding carboxylic acids is 1. The van der Waals surface area contributed by atoms with E-state index in [1.165, 1.54) is 6.42 Å². The summed E-state index contributed by atoms with van der Waals surface area (Å²) in [5.41, 5.74) is 2.99. The second kappa shape index (κ2) is 8.07. The zero-order valence-corrected chi connectivity index (χ0v) is 16.5. The van der Waals surface area contributed by atoms with E-state index in [9.17, 15) is 4.79 Å². The minimum Gasteiger partial charge on any atom is -0.497 e. The Balaban J connectivity index is 1.77. The molecule has 0 unspecified atom stereocenters. The van der Waals surface area contributed by atoms with Gasteiger partial charge in [0.2, 0.25) is 0 Å². The van der Waals surface area contributed by atoms with Gasteiger partial charge in [-0.3, -0.25) is 4.79 Å². The predicted octanol–water partition coefficient (Wildman–Crippen LogP) is 4.83. The molecular formula is C22H22ClN3O2. The third-order valence-electron chi connectivity index (χ3n) is 5.01. The molecule has 3 aromatic rings. The quantitative estimate of drug-likeness (QED) is 0.635. The number of nitrogens with zero attached hydrogens (tertiary/aromatic N) is 3. The number of piperidine rings is 1. The van der Waals surface area contributed by atoms with Crippen molar-refractivity contribution < 1.29 is 9.53 Å². The van der Waals surface area contributed by atoms with Crippen LogP contribution in [0.15, 0.2) is 54.6 Å². The number of ether oxygens (including phenoxy) is 1. The molecule has 1 saturated heterocycles. The zero-order chi connectivity index (χ0) is 19.5. The fourth-order valence-corrected chi connectivity index (χ4v) is 3.68. The smallest absolute Gasteiger partial charge is 0.272 e. The SMILES string of the molecule is COc1ccc(-c2cc(C(=O)N3CCCCC3)n(-c3cccc(Cl)c3)n2)cc1. The Bertz CT molecular complexity index is 976. The van der Waals surface area contributed by atoms with Crippen molar-refractivity contribution >= 4 is 17.5 Å². The lowest BCUT2D eigenvalue weighted by Gasteiger charge is -2.26. The Labute approximate surface area is 169 Å². The number of likely N-dealkylation sites (tertiary alicyclic amines) is 1. The van der Waals surface area contributed by atoms with E-state index in [0.29, 0.717) is 10.7 Å². The molecule has 0 spiro atoms. The molecule has 0 aliphatic carbocycles. The molecule has 28 heavy (non-hydrogen) atoms. The van der Waals surface area contributed by atoms with Crippen molar-refractivity contribution in [1.82, 2.24) is 14.7 Å². The summed E-state index contributed by atoms with van der Waals surface area (Å²) in [5.74, 6) is 0.787. The van der Waals surface area contributed by atoms with Gasteiger partial charge < -0.3 is 9.64 Å². The number of aromatic nitrogens is 2. The van der Waals surface area contributed by atoms with Gasteiger partial charge in [0, 0.05) is 23.7 Å².